The molecule has 3 rings (SSSR count). The molecule has 178 valence electrons. The Morgan fingerprint density at radius 2 is 1.64 bits per heavy atom. The van der Waals surface area contributed by atoms with Crippen molar-refractivity contribution in [2.45, 2.75) is 32.7 Å². The SMILES string of the molecule is CCC(CC)C(=O)Nc1ccc(N2CCN(C(C(=O)N(C)C)c3ccccc3)CC2)c(F)c1. The van der Waals surface area contributed by atoms with Gasteiger partial charge in [0, 0.05) is 51.9 Å². The third-order valence-electron chi connectivity index (χ3n) is 6.38. The Balaban J connectivity index is 1.68. The van der Waals surface area contributed by atoms with E-state index < -0.39 is 0 Å². The van der Waals surface area contributed by atoms with Gasteiger partial charge in [0.15, 0.2) is 0 Å². The standard InChI is InChI=1S/C26H35FN4O2/c1-5-19(6-2)25(32)28-21-12-13-23(22(27)18-21)30-14-16-31(17-15-30)24(26(33)29(3)4)20-10-8-7-9-11-20/h7-13,18-19,24H,5-6,14-17H2,1-4H3,(H,28,32). The van der Waals surface area contributed by atoms with Crippen molar-refractivity contribution in [1.82, 2.24) is 9.80 Å². The zero-order valence-corrected chi connectivity index (χ0v) is 20.1. The van der Waals surface area contributed by atoms with Crippen molar-refractivity contribution in [3.8, 4) is 0 Å². The Hall–Kier alpha value is -2.93. The van der Waals surface area contributed by atoms with Gasteiger partial charge in [0.05, 0.1) is 5.69 Å². The van der Waals surface area contributed by atoms with E-state index in [1.807, 2.05) is 49.1 Å². The highest BCUT2D eigenvalue weighted by Crippen LogP contribution is 2.28. The maximum absolute atomic E-state index is 14.9. The van der Waals surface area contributed by atoms with Crippen LogP contribution in [0.1, 0.15) is 38.3 Å². The minimum Gasteiger partial charge on any atom is -0.367 e. The van der Waals surface area contributed by atoms with E-state index in [-0.39, 0.29) is 29.6 Å². The second-order valence-corrected chi connectivity index (χ2v) is 8.74. The van der Waals surface area contributed by atoms with Gasteiger partial charge in [-0.2, -0.15) is 0 Å². The summed E-state index contributed by atoms with van der Waals surface area (Å²) < 4.78 is 14.9. The lowest BCUT2D eigenvalue weighted by molar-refractivity contribution is -0.135. The van der Waals surface area contributed by atoms with Crippen LogP contribution in [-0.4, -0.2) is 61.9 Å². The smallest absolute Gasteiger partial charge is 0.244 e. The number of amides is 2. The number of rotatable bonds is 8. The molecule has 1 saturated heterocycles. The third-order valence-corrected chi connectivity index (χ3v) is 6.38. The van der Waals surface area contributed by atoms with Crippen LogP contribution in [0.5, 0.6) is 0 Å². The number of nitrogens with one attached hydrogen (secondary N) is 1. The van der Waals surface area contributed by atoms with Crippen molar-refractivity contribution in [3.63, 3.8) is 0 Å². The van der Waals surface area contributed by atoms with Crippen LogP contribution in [0.2, 0.25) is 0 Å². The molecule has 2 aromatic carbocycles. The molecule has 1 atom stereocenters. The van der Waals surface area contributed by atoms with E-state index in [4.69, 9.17) is 0 Å². The number of anilines is 2. The molecule has 2 amide bonds. The number of carbonyl (C=O) groups is 2. The molecule has 33 heavy (non-hydrogen) atoms. The Morgan fingerprint density at radius 1 is 1.00 bits per heavy atom. The zero-order chi connectivity index (χ0) is 24.0. The van der Waals surface area contributed by atoms with Crippen LogP contribution in [0, 0.1) is 11.7 Å². The van der Waals surface area contributed by atoms with E-state index in [1.165, 1.54) is 6.07 Å². The van der Waals surface area contributed by atoms with E-state index in [2.05, 4.69) is 10.2 Å². The highest BCUT2D eigenvalue weighted by atomic mass is 19.1. The number of carbonyl (C=O) groups excluding carboxylic acids is 2. The van der Waals surface area contributed by atoms with Gasteiger partial charge in [-0.3, -0.25) is 14.5 Å². The van der Waals surface area contributed by atoms with Gasteiger partial charge in [-0.1, -0.05) is 44.2 Å². The molecule has 0 aromatic heterocycles. The first kappa shape index (κ1) is 24.7. The number of likely N-dealkylation sites (N-methyl/N-ethyl adjacent to an activating group) is 1. The molecule has 1 aliphatic rings. The summed E-state index contributed by atoms with van der Waals surface area (Å²) >= 11 is 0. The highest BCUT2D eigenvalue weighted by Gasteiger charge is 2.32. The molecule has 0 radical (unpaired) electrons. The molecule has 7 heteroatoms. The van der Waals surface area contributed by atoms with Gasteiger partial charge in [-0.25, -0.2) is 4.39 Å². The topological polar surface area (TPSA) is 55.9 Å². The van der Waals surface area contributed by atoms with Gasteiger partial charge < -0.3 is 15.1 Å². The quantitative estimate of drug-likeness (QED) is 0.651. The van der Waals surface area contributed by atoms with Gasteiger partial charge in [-0.05, 0) is 36.6 Å². The number of hydrogen-bond acceptors (Lipinski definition) is 4. The summed E-state index contributed by atoms with van der Waals surface area (Å²) in [5.41, 5.74) is 1.96. The molecular weight excluding hydrogens is 419 g/mol. The molecule has 1 N–H and O–H groups in total. The summed E-state index contributed by atoms with van der Waals surface area (Å²) in [6.07, 6.45) is 1.51. The van der Waals surface area contributed by atoms with Crippen LogP contribution in [0.3, 0.4) is 0 Å². The minimum absolute atomic E-state index is 0.0402. The fourth-order valence-electron chi connectivity index (χ4n) is 4.36. The van der Waals surface area contributed by atoms with Crippen LogP contribution in [0.25, 0.3) is 0 Å². The molecule has 1 fully saturated rings. The second-order valence-electron chi connectivity index (χ2n) is 8.74. The lowest BCUT2D eigenvalue weighted by Crippen LogP contribution is -2.51. The zero-order valence-electron chi connectivity index (χ0n) is 20.1. The van der Waals surface area contributed by atoms with Crippen molar-refractivity contribution >= 4 is 23.2 Å². The van der Waals surface area contributed by atoms with Crippen molar-refractivity contribution < 1.29 is 14.0 Å². The summed E-state index contributed by atoms with van der Waals surface area (Å²) in [5.74, 6) is -0.449. The van der Waals surface area contributed by atoms with Gasteiger partial charge in [0.1, 0.15) is 11.9 Å². The normalized spacial score (nSPS) is 15.4. The van der Waals surface area contributed by atoms with Gasteiger partial charge >= 0.3 is 0 Å². The Kier molecular flexibility index (Phi) is 8.44. The van der Waals surface area contributed by atoms with Gasteiger partial charge in [-0.15, -0.1) is 0 Å². The van der Waals surface area contributed by atoms with E-state index in [9.17, 15) is 14.0 Å². The van der Waals surface area contributed by atoms with E-state index in [1.54, 1.807) is 31.1 Å². The van der Waals surface area contributed by atoms with Gasteiger partial charge in [0.2, 0.25) is 11.8 Å². The molecule has 1 aliphatic heterocycles. The average Bonchev–Trinajstić information content (AvgIpc) is 2.81. The largest absolute Gasteiger partial charge is 0.367 e. The number of piperazine rings is 1. The molecule has 2 aromatic rings. The Labute approximate surface area is 196 Å². The molecule has 6 nitrogen and oxygen atoms in total. The molecule has 0 aliphatic carbocycles. The molecule has 0 bridgehead atoms. The predicted octanol–water partition coefficient (Wildman–Crippen LogP) is 4.15. The number of halogens is 1. The highest BCUT2D eigenvalue weighted by molar-refractivity contribution is 5.92. The first-order valence-corrected chi connectivity index (χ1v) is 11.7. The van der Waals surface area contributed by atoms with Gasteiger partial charge in [0.25, 0.3) is 0 Å². The lowest BCUT2D eigenvalue weighted by Gasteiger charge is -2.40. The van der Waals surface area contributed by atoms with Crippen molar-refractivity contribution in [2.24, 2.45) is 5.92 Å². The first-order valence-electron chi connectivity index (χ1n) is 11.7. The van der Waals surface area contributed by atoms with E-state index in [0.29, 0.717) is 37.6 Å². The number of hydrogen-bond donors (Lipinski definition) is 1. The van der Waals surface area contributed by atoms with Crippen molar-refractivity contribution in [2.75, 3.05) is 50.5 Å². The maximum Gasteiger partial charge on any atom is 0.244 e. The van der Waals surface area contributed by atoms with E-state index >= 15 is 0 Å². The third kappa shape index (κ3) is 5.90. The van der Waals surface area contributed by atoms with Crippen LogP contribution in [0.15, 0.2) is 48.5 Å². The van der Waals surface area contributed by atoms with Crippen molar-refractivity contribution in [3.05, 3.63) is 59.9 Å². The Bertz CT molecular complexity index is 939. The summed E-state index contributed by atoms with van der Waals surface area (Å²) in [6, 6.07) is 14.3. The molecule has 1 unspecified atom stereocenters. The first-order chi connectivity index (χ1) is 15.8. The van der Waals surface area contributed by atoms with Crippen molar-refractivity contribution in [1.29, 1.82) is 0 Å². The summed E-state index contributed by atoms with van der Waals surface area (Å²) in [7, 11) is 3.54. The summed E-state index contributed by atoms with van der Waals surface area (Å²) in [4.78, 5) is 31.0. The second kappa shape index (κ2) is 11.3. The summed E-state index contributed by atoms with van der Waals surface area (Å²) in [6.45, 7) is 6.47. The fraction of sp³-hybridized carbons (Fsp3) is 0.462. The molecule has 1 heterocycles. The predicted molar refractivity (Wildman–Crippen MR) is 131 cm³/mol. The van der Waals surface area contributed by atoms with Crippen LogP contribution >= 0.6 is 0 Å². The minimum atomic E-state index is -0.352. The van der Waals surface area contributed by atoms with Crippen LogP contribution in [0.4, 0.5) is 15.8 Å². The van der Waals surface area contributed by atoms with Crippen LogP contribution < -0.4 is 10.2 Å². The lowest BCUT2D eigenvalue weighted by atomic mass is 10.0. The van der Waals surface area contributed by atoms with E-state index in [0.717, 1.165) is 18.4 Å². The molecule has 0 spiro atoms. The number of benzene rings is 2. The fourth-order valence-corrected chi connectivity index (χ4v) is 4.36. The number of nitrogens with zero attached hydrogens (tertiary/aromatic N) is 3. The average molecular weight is 455 g/mol. The Morgan fingerprint density at radius 3 is 2.18 bits per heavy atom. The summed E-state index contributed by atoms with van der Waals surface area (Å²) in [5, 5.41) is 2.83. The molecule has 0 saturated carbocycles. The monoisotopic (exact) mass is 454 g/mol. The molecular formula is C26H35FN4O2. The van der Waals surface area contributed by atoms with Crippen LogP contribution in [-0.2, 0) is 9.59 Å². The maximum atomic E-state index is 14.9.